The molecule has 3 heterocycles. The van der Waals surface area contributed by atoms with Gasteiger partial charge < -0.3 is 29.4 Å². The van der Waals surface area contributed by atoms with Crippen LogP contribution in [0.25, 0.3) is 22.4 Å². The average Bonchev–Trinajstić information content (AvgIpc) is 3.30. The number of piperazine rings is 1. The van der Waals surface area contributed by atoms with Crippen molar-refractivity contribution in [2.75, 3.05) is 47.0 Å². The van der Waals surface area contributed by atoms with Crippen molar-refractivity contribution >= 4 is 22.7 Å². The fraction of sp³-hybridized carbons (Fsp3) is 0.391. The van der Waals surface area contributed by atoms with Crippen molar-refractivity contribution in [2.24, 2.45) is 5.73 Å². The van der Waals surface area contributed by atoms with Gasteiger partial charge in [-0.3, -0.25) is 9.59 Å². The molecule has 36 heavy (non-hydrogen) atoms. The summed E-state index contributed by atoms with van der Waals surface area (Å²) >= 11 is 0. The minimum Gasteiger partial charge on any atom is -0.494 e. The highest BCUT2D eigenvalue weighted by Gasteiger charge is 2.34. The van der Waals surface area contributed by atoms with Gasteiger partial charge in [-0.15, -0.1) is 0 Å². The van der Waals surface area contributed by atoms with Gasteiger partial charge in [-0.1, -0.05) is 0 Å². The number of carbonyl (C=O) groups is 2. The molecule has 2 amide bonds. The van der Waals surface area contributed by atoms with Crippen LogP contribution in [0.5, 0.6) is 5.75 Å². The molecule has 4 rings (SSSR count). The zero-order chi connectivity index (χ0) is 26.0. The first kappa shape index (κ1) is 25.4. The lowest BCUT2D eigenvalue weighted by Gasteiger charge is -2.33. The molecule has 2 aromatic heterocycles. The quantitative estimate of drug-likeness (QED) is 0.517. The van der Waals surface area contributed by atoms with E-state index < -0.39 is 17.8 Å². The summed E-state index contributed by atoms with van der Waals surface area (Å²) in [6, 6.07) is 5.08. The van der Waals surface area contributed by atoms with Crippen LogP contribution in [0.3, 0.4) is 0 Å². The molecule has 0 bridgehead atoms. The van der Waals surface area contributed by atoms with Crippen molar-refractivity contribution in [3.05, 3.63) is 41.4 Å². The molecule has 1 fully saturated rings. The molecule has 1 aliphatic heterocycles. The highest BCUT2D eigenvalue weighted by Crippen LogP contribution is 2.37. The van der Waals surface area contributed by atoms with E-state index in [4.69, 9.17) is 19.6 Å². The number of amides is 2. The molecule has 192 valence electrons. The predicted octanol–water partition coefficient (Wildman–Crippen LogP) is 2.31. The lowest BCUT2D eigenvalue weighted by atomic mass is 10.1. The Kier molecular flexibility index (Phi) is 7.13. The minimum absolute atomic E-state index is 0.0157. The number of fused-ring (bicyclic) bond motifs is 1. The Morgan fingerprint density at radius 2 is 1.94 bits per heavy atom. The normalized spacial score (nSPS) is 14.6. The minimum atomic E-state index is -4.64. The summed E-state index contributed by atoms with van der Waals surface area (Å²) < 4.78 is 55.6. The number of hydrogen-bond donors (Lipinski definition) is 1. The standard InChI is InChI=1S/C23H24F3N5O5/c1-34-10-9-30-7-8-31(12-18(30)32)22(33)20-16(11-27)36-21(29-20)14-3-5-15(35-2)19-13(14)4-6-17(28-19)23(24,25)26/h3-6H,7-12,27H2,1-2H3. The van der Waals surface area contributed by atoms with Crippen LogP contribution in [0.1, 0.15) is 21.9 Å². The van der Waals surface area contributed by atoms with Crippen molar-refractivity contribution in [2.45, 2.75) is 12.7 Å². The largest absolute Gasteiger partial charge is 0.494 e. The molecular formula is C23H24F3N5O5. The van der Waals surface area contributed by atoms with E-state index in [0.29, 0.717) is 25.3 Å². The van der Waals surface area contributed by atoms with Crippen LogP contribution in [0.2, 0.25) is 0 Å². The molecule has 1 aromatic carbocycles. The van der Waals surface area contributed by atoms with Gasteiger partial charge in [-0.2, -0.15) is 13.2 Å². The third kappa shape index (κ3) is 4.84. The number of nitrogens with two attached hydrogens (primary N) is 1. The molecule has 1 saturated heterocycles. The average molecular weight is 507 g/mol. The summed E-state index contributed by atoms with van der Waals surface area (Å²) in [4.78, 5) is 36.7. The van der Waals surface area contributed by atoms with E-state index in [-0.39, 0.29) is 59.5 Å². The molecule has 0 unspecified atom stereocenters. The smallest absolute Gasteiger partial charge is 0.433 e. The highest BCUT2D eigenvalue weighted by atomic mass is 19.4. The molecule has 0 radical (unpaired) electrons. The summed E-state index contributed by atoms with van der Waals surface area (Å²) in [5, 5.41) is 0.285. The van der Waals surface area contributed by atoms with E-state index >= 15 is 0 Å². The zero-order valence-corrected chi connectivity index (χ0v) is 19.6. The molecule has 3 aromatic rings. The highest BCUT2D eigenvalue weighted by molar-refractivity contribution is 5.99. The molecule has 0 saturated carbocycles. The van der Waals surface area contributed by atoms with Crippen molar-refractivity contribution < 1.29 is 36.7 Å². The number of nitrogens with zero attached hydrogens (tertiary/aromatic N) is 4. The fourth-order valence-corrected chi connectivity index (χ4v) is 3.94. The zero-order valence-electron chi connectivity index (χ0n) is 19.6. The molecule has 13 heteroatoms. The summed E-state index contributed by atoms with van der Waals surface area (Å²) in [7, 11) is 2.86. The van der Waals surface area contributed by atoms with Gasteiger partial charge in [-0.25, -0.2) is 9.97 Å². The molecular weight excluding hydrogens is 483 g/mol. The first-order chi connectivity index (χ1) is 17.2. The number of oxazole rings is 1. The number of halogens is 3. The van der Waals surface area contributed by atoms with Gasteiger partial charge >= 0.3 is 6.18 Å². The van der Waals surface area contributed by atoms with Crippen molar-refractivity contribution in [3.8, 4) is 17.2 Å². The summed E-state index contributed by atoms with van der Waals surface area (Å²) in [6.45, 7) is 1.15. The van der Waals surface area contributed by atoms with Crippen molar-refractivity contribution in [1.29, 1.82) is 0 Å². The van der Waals surface area contributed by atoms with Crippen LogP contribution in [-0.4, -0.2) is 78.6 Å². The number of rotatable bonds is 7. The Bertz CT molecular complexity index is 1290. The van der Waals surface area contributed by atoms with Crippen LogP contribution in [-0.2, 0) is 22.3 Å². The van der Waals surface area contributed by atoms with Gasteiger partial charge in [0.1, 0.15) is 23.5 Å². The van der Waals surface area contributed by atoms with E-state index in [1.807, 2.05) is 0 Å². The number of ether oxygens (including phenoxy) is 2. The molecule has 1 aliphatic rings. The van der Waals surface area contributed by atoms with Gasteiger partial charge in [0.25, 0.3) is 5.91 Å². The van der Waals surface area contributed by atoms with Crippen LogP contribution >= 0.6 is 0 Å². The number of methoxy groups -OCH3 is 2. The number of carbonyl (C=O) groups excluding carboxylic acids is 2. The number of hydrogen-bond acceptors (Lipinski definition) is 8. The molecule has 10 nitrogen and oxygen atoms in total. The van der Waals surface area contributed by atoms with E-state index in [1.165, 1.54) is 31.3 Å². The fourth-order valence-electron chi connectivity index (χ4n) is 3.94. The third-order valence-electron chi connectivity index (χ3n) is 5.82. The van der Waals surface area contributed by atoms with Gasteiger partial charge in [-0.05, 0) is 24.3 Å². The van der Waals surface area contributed by atoms with Gasteiger partial charge in [0.05, 0.1) is 20.3 Å². The molecule has 0 aliphatic carbocycles. The molecule has 0 spiro atoms. The first-order valence-electron chi connectivity index (χ1n) is 11.0. The summed E-state index contributed by atoms with van der Waals surface area (Å²) in [5.74, 6) is -0.546. The van der Waals surface area contributed by atoms with E-state index in [0.717, 1.165) is 6.07 Å². The number of benzene rings is 1. The van der Waals surface area contributed by atoms with Crippen LogP contribution < -0.4 is 10.5 Å². The second-order valence-corrected chi connectivity index (χ2v) is 8.00. The Balaban J connectivity index is 1.68. The van der Waals surface area contributed by atoms with Gasteiger partial charge in [0.15, 0.2) is 11.5 Å². The van der Waals surface area contributed by atoms with E-state index in [9.17, 15) is 22.8 Å². The van der Waals surface area contributed by atoms with Crippen LogP contribution in [0.15, 0.2) is 28.7 Å². The number of aromatic nitrogens is 2. The predicted molar refractivity (Wildman–Crippen MR) is 121 cm³/mol. The molecule has 0 atom stereocenters. The number of alkyl halides is 3. The Morgan fingerprint density at radius 3 is 2.58 bits per heavy atom. The Labute approximate surface area is 203 Å². The monoisotopic (exact) mass is 507 g/mol. The second-order valence-electron chi connectivity index (χ2n) is 8.00. The van der Waals surface area contributed by atoms with Gasteiger partial charge in [0, 0.05) is 37.7 Å². The maximum Gasteiger partial charge on any atom is 0.433 e. The third-order valence-corrected chi connectivity index (χ3v) is 5.82. The van der Waals surface area contributed by atoms with E-state index in [1.54, 1.807) is 11.0 Å². The van der Waals surface area contributed by atoms with E-state index in [2.05, 4.69) is 9.97 Å². The SMILES string of the molecule is COCCN1CCN(C(=O)c2nc(-c3ccc(OC)c4nc(C(F)(F)F)ccc34)oc2CN)CC1=O. The first-order valence-corrected chi connectivity index (χ1v) is 11.0. The maximum absolute atomic E-state index is 13.2. The number of pyridine rings is 1. The topological polar surface area (TPSA) is 124 Å². The van der Waals surface area contributed by atoms with Crippen LogP contribution in [0, 0.1) is 0 Å². The Hall–Kier alpha value is -3.71. The van der Waals surface area contributed by atoms with Crippen LogP contribution in [0.4, 0.5) is 13.2 Å². The summed E-state index contributed by atoms with van der Waals surface area (Å²) in [5.41, 5.74) is 4.92. The van der Waals surface area contributed by atoms with Crippen molar-refractivity contribution in [1.82, 2.24) is 19.8 Å². The second kappa shape index (κ2) is 10.1. The lowest BCUT2D eigenvalue weighted by molar-refractivity contribution is -0.141. The lowest BCUT2D eigenvalue weighted by Crippen LogP contribution is -2.53. The van der Waals surface area contributed by atoms with Crippen molar-refractivity contribution in [3.63, 3.8) is 0 Å². The Morgan fingerprint density at radius 1 is 1.17 bits per heavy atom. The van der Waals surface area contributed by atoms with Gasteiger partial charge in [0.2, 0.25) is 11.8 Å². The molecule has 2 N–H and O–H groups in total. The maximum atomic E-state index is 13.2. The summed E-state index contributed by atoms with van der Waals surface area (Å²) in [6.07, 6.45) is -4.64.